The van der Waals surface area contributed by atoms with Crippen LogP contribution in [0.3, 0.4) is 0 Å². The molecule has 21 heavy (non-hydrogen) atoms. The Kier molecular flexibility index (Phi) is 4.76. The van der Waals surface area contributed by atoms with Crippen LogP contribution < -0.4 is 10.6 Å². The van der Waals surface area contributed by atoms with E-state index in [1.807, 2.05) is 27.7 Å². The van der Waals surface area contributed by atoms with Crippen LogP contribution in [0.4, 0.5) is 4.79 Å². The molecule has 2 atom stereocenters. The zero-order valence-corrected chi connectivity index (χ0v) is 13.4. The minimum Gasteiger partial charge on any atom is -0.371 e. The highest BCUT2D eigenvalue weighted by Crippen LogP contribution is 2.36. The van der Waals surface area contributed by atoms with Gasteiger partial charge in [-0.15, -0.1) is 0 Å². The van der Waals surface area contributed by atoms with Gasteiger partial charge in [0.05, 0.1) is 18.8 Å². The molecule has 0 bridgehead atoms. The van der Waals surface area contributed by atoms with Crippen molar-refractivity contribution in [2.45, 2.75) is 58.3 Å². The summed E-state index contributed by atoms with van der Waals surface area (Å²) >= 11 is 0. The number of urea groups is 1. The summed E-state index contributed by atoms with van der Waals surface area (Å²) in [7, 11) is 0. The second-order valence-corrected chi connectivity index (χ2v) is 7.18. The van der Waals surface area contributed by atoms with Crippen LogP contribution in [0.25, 0.3) is 0 Å². The van der Waals surface area contributed by atoms with E-state index in [9.17, 15) is 9.59 Å². The SMILES string of the molecule is CC1CN(C(=O)NCC(=O)NC(C)(C)C)CC(C2CC2)O1. The van der Waals surface area contributed by atoms with Gasteiger partial charge in [-0.3, -0.25) is 4.79 Å². The van der Waals surface area contributed by atoms with E-state index in [4.69, 9.17) is 4.74 Å². The molecule has 120 valence electrons. The molecule has 1 saturated carbocycles. The number of carbonyl (C=O) groups excluding carboxylic acids is 2. The van der Waals surface area contributed by atoms with E-state index in [2.05, 4.69) is 10.6 Å². The molecule has 1 aliphatic carbocycles. The summed E-state index contributed by atoms with van der Waals surface area (Å²) in [6.07, 6.45) is 2.60. The van der Waals surface area contributed by atoms with Crippen LogP contribution in [0.5, 0.6) is 0 Å². The Morgan fingerprint density at radius 2 is 1.90 bits per heavy atom. The molecule has 0 radical (unpaired) electrons. The third-order valence-corrected chi connectivity index (χ3v) is 3.63. The molecule has 1 saturated heterocycles. The monoisotopic (exact) mass is 297 g/mol. The first kappa shape index (κ1) is 16.1. The van der Waals surface area contributed by atoms with Crippen LogP contribution in [-0.4, -0.2) is 54.2 Å². The Hall–Kier alpha value is -1.30. The van der Waals surface area contributed by atoms with Gasteiger partial charge in [0.1, 0.15) is 0 Å². The highest BCUT2D eigenvalue weighted by molar-refractivity contribution is 5.84. The first-order valence-electron chi connectivity index (χ1n) is 7.74. The zero-order valence-electron chi connectivity index (χ0n) is 13.4. The molecule has 6 heteroatoms. The number of nitrogens with one attached hydrogen (secondary N) is 2. The number of morpholine rings is 1. The van der Waals surface area contributed by atoms with Gasteiger partial charge in [-0.1, -0.05) is 0 Å². The number of hydrogen-bond acceptors (Lipinski definition) is 3. The molecule has 1 heterocycles. The lowest BCUT2D eigenvalue weighted by molar-refractivity contribution is -0.121. The maximum atomic E-state index is 12.2. The van der Waals surface area contributed by atoms with E-state index in [0.29, 0.717) is 19.0 Å². The average Bonchev–Trinajstić information content (AvgIpc) is 3.17. The Labute approximate surface area is 126 Å². The molecule has 2 unspecified atom stereocenters. The first-order valence-corrected chi connectivity index (χ1v) is 7.74. The van der Waals surface area contributed by atoms with Crippen LogP contribution in [0.2, 0.25) is 0 Å². The van der Waals surface area contributed by atoms with Crippen molar-refractivity contribution in [3.63, 3.8) is 0 Å². The zero-order chi connectivity index (χ0) is 15.6. The molecule has 6 nitrogen and oxygen atoms in total. The van der Waals surface area contributed by atoms with Gasteiger partial charge in [0.25, 0.3) is 0 Å². The number of hydrogen-bond donors (Lipinski definition) is 2. The summed E-state index contributed by atoms with van der Waals surface area (Å²) in [4.78, 5) is 25.7. The van der Waals surface area contributed by atoms with Crippen LogP contribution in [-0.2, 0) is 9.53 Å². The topological polar surface area (TPSA) is 70.7 Å². The van der Waals surface area contributed by atoms with Crippen molar-refractivity contribution in [1.82, 2.24) is 15.5 Å². The molecule has 2 aliphatic rings. The Morgan fingerprint density at radius 3 is 2.48 bits per heavy atom. The maximum Gasteiger partial charge on any atom is 0.318 e. The maximum absolute atomic E-state index is 12.2. The first-order chi connectivity index (χ1) is 9.74. The van der Waals surface area contributed by atoms with Crippen LogP contribution >= 0.6 is 0 Å². The quantitative estimate of drug-likeness (QED) is 0.820. The second-order valence-electron chi connectivity index (χ2n) is 7.18. The smallest absolute Gasteiger partial charge is 0.318 e. The summed E-state index contributed by atoms with van der Waals surface area (Å²) in [5.74, 6) is 0.433. The summed E-state index contributed by atoms with van der Waals surface area (Å²) in [5, 5.41) is 5.52. The standard InChI is InChI=1S/C15H27N3O3/c1-10-8-18(9-12(21-10)11-5-6-11)14(20)16-7-13(19)17-15(2,3)4/h10-12H,5-9H2,1-4H3,(H,16,20)(H,17,19). The van der Waals surface area contributed by atoms with Crippen LogP contribution in [0.15, 0.2) is 0 Å². The van der Waals surface area contributed by atoms with Gasteiger partial charge >= 0.3 is 6.03 Å². The van der Waals surface area contributed by atoms with E-state index in [0.717, 1.165) is 0 Å². The van der Waals surface area contributed by atoms with Gasteiger partial charge in [0.15, 0.2) is 0 Å². The molecule has 2 fully saturated rings. The predicted molar refractivity (Wildman–Crippen MR) is 79.9 cm³/mol. The van der Waals surface area contributed by atoms with Crippen molar-refractivity contribution in [2.75, 3.05) is 19.6 Å². The van der Waals surface area contributed by atoms with Gasteiger partial charge in [-0.2, -0.15) is 0 Å². The van der Waals surface area contributed by atoms with Gasteiger partial charge in [-0.25, -0.2) is 4.79 Å². The highest BCUT2D eigenvalue weighted by Gasteiger charge is 2.38. The molecule has 0 aromatic carbocycles. The number of carbonyl (C=O) groups is 2. The van der Waals surface area contributed by atoms with Gasteiger partial charge in [0.2, 0.25) is 5.91 Å². The summed E-state index contributed by atoms with van der Waals surface area (Å²) in [5.41, 5.74) is -0.285. The van der Waals surface area contributed by atoms with E-state index >= 15 is 0 Å². The van der Waals surface area contributed by atoms with Gasteiger partial charge in [0, 0.05) is 18.6 Å². The van der Waals surface area contributed by atoms with Crippen molar-refractivity contribution in [3.8, 4) is 0 Å². The number of rotatable bonds is 3. The van der Waals surface area contributed by atoms with Gasteiger partial charge < -0.3 is 20.3 Å². The largest absolute Gasteiger partial charge is 0.371 e. The number of nitrogens with zero attached hydrogens (tertiary/aromatic N) is 1. The summed E-state index contributed by atoms with van der Waals surface area (Å²) in [6, 6.07) is -0.181. The number of ether oxygens (including phenoxy) is 1. The third kappa shape index (κ3) is 5.19. The van der Waals surface area contributed by atoms with E-state index in [1.54, 1.807) is 4.90 Å². The lowest BCUT2D eigenvalue weighted by Crippen LogP contribution is -2.54. The average molecular weight is 297 g/mol. The Bertz CT molecular complexity index is 401. The fourth-order valence-corrected chi connectivity index (χ4v) is 2.61. The van der Waals surface area contributed by atoms with E-state index < -0.39 is 0 Å². The molecule has 1 aliphatic heterocycles. The fraction of sp³-hybridized carbons (Fsp3) is 0.867. The van der Waals surface area contributed by atoms with E-state index in [-0.39, 0.29) is 36.2 Å². The number of amides is 3. The predicted octanol–water partition coefficient (Wildman–Crippen LogP) is 1.11. The minimum atomic E-state index is -0.285. The Morgan fingerprint density at radius 1 is 1.24 bits per heavy atom. The van der Waals surface area contributed by atoms with Crippen LogP contribution in [0.1, 0.15) is 40.5 Å². The molecule has 2 rings (SSSR count). The fourth-order valence-electron chi connectivity index (χ4n) is 2.61. The van der Waals surface area contributed by atoms with Crippen LogP contribution in [0, 0.1) is 5.92 Å². The molecule has 0 aromatic rings. The molecule has 0 spiro atoms. The normalized spacial score (nSPS) is 26.4. The molecule has 0 aromatic heterocycles. The van der Waals surface area contributed by atoms with Crippen molar-refractivity contribution in [3.05, 3.63) is 0 Å². The molecule has 3 amide bonds. The second kappa shape index (κ2) is 6.22. The lowest BCUT2D eigenvalue weighted by Gasteiger charge is -2.37. The van der Waals surface area contributed by atoms with Crippen molar-refractivity contribution in [2.24, 2.45) is 5.92 Å². The summed E-state index contributed by atoms with van der Waals surface area (Å²) in [6.45, 7) is 8.94. The third-order valence-electron chi connectivity index (χ3n) is 3.63. The molecular formula is C15H27N3O3. The molecular weight excluding hydrogens is 270 g/mol. The summed E-state index contributed by atoms with van der Waals surface area (Å²) < 4.78 is 5.88. The van der Waals surface area contributed by atoms with Gasteiger partial charge in [-0.05, 0) is 46.5 Å². The lowest BCUT2D eigenvalue weighted by atomic mass is 10.1. The minimum absolute atomic E-state index is 0.00986. The van der Waals surface area contributed by atoms with E-state index in [1.165, 1.54) is 12.8 Å². The highest BCUT2D eigenvalue weighted by atomic mass is 16.5. The Balaban J connectivity index is 1.78. The van der Waals surface area contributed by atoms with Crippen molar-refractivity contribution >= 4 is 11.9 Å². The molecule has 2 N–H and O–H groups in total. The van der Waals surface area contributed by atoms with Crippen molar-refractivity contribution in [1.29, 1.82) is 0 Å². The van der Waals surface area contributed by atoms with Crippen molar-refractivity contribution < 1.29 is 14.3 Å².